The molecule has 3 aromatic rings. The molecule has 1 aliphatic rings. The van der Waals surface area contributed by atoms with Crippen molar-refractivity contribution in [1.29, 1.82) is 0 Å². The number of anilines is 2. The Morgan fingerprint density at radius 3 is 2.50 bits per heavy atom. The van der Waals surface area contributed by atoms with Gasteiger partial charge in [-0.25, -0.2) is 0 Å². The van der Waals surface area contributed by atoms with E-state index in [9.17, 15) is 19.0 Å². The zero-order chi connectivity index (χ0) is 30.1. The Hall–Kier alpha value is -2.50. The van der Waals surface area contributed by atoms with Gasteiger partial charge in [0.05, 0.1) is 33.6 Å². The molecule has 6 N–H and O–H groups in total. The van der Waals surface area contributed by atoms with Crippen LogP contribution in [0.5, 0.6) is 0 Å². The van der Waals surface area contributed by atoms with Crippen LogP contribution < -0.4 is 20.3 Å². The lowest BCUT2D eigenvalue weighted by Gasteiger charge is -2.47. The van der Waals surface area contributed by atoms with Crippen LogP contribution in [0.15, 0.2) is 66.7 Å². The van der Waals surface area contributed by atoms with E-state index < -0.39 is 22.9 Å². The van der Waals surface area contributed by atoms with Gasteiger partial charge in [0.15, 0.2) is 0 Å². The molecule has 42 heavy (non-hydrogen) atoms. The largest absolute Gasteiger partial charge is 0.390 e. The summed E-state index contributed by atoms with van der Waals surface area (Å²) in [6.07, 6.45) is 1.86. The van der Waals surface area contributed by atoms with E-state index in [2.05, 4.69) is 16.0 Å². The number of amides is 1. The number of aliphatic hydroxyl groups is 1. The molecule has 2 atom stereocenters. The minimum absolute atomic E-state index is 0.274. The van der Waals surface area contributed by atoms with E-state index in [0.717, 1.165) is 24.0 Å². The number of halogens is 2. The Labute approximate surface area is 259 Å². The molecule has 0 aliphatic carbocycles. The van der Waals surface area contributed by atoms with Crippen LogP contribution in [0.25, 0.3) is 0 Å². The SMILES string of the molecule is CCNc1cc(C(=O)N[C@@H](Cc2ccccc2)[C@H](O)CNCCc2ccc(Cl)c(Cl)c2)cc(N2CCCCS2(O)O)c1. The van der Waals surface area contributed by atoms with E-state index in [1.165, 1.54) is 0 Å². The predicted octanol–water partition coefficient (Wildman–Crippen LogP) is 6.23. The van der Waals surface area contributed by atoms with Crippen molar-refractivity contribution in [3.05, 3.63) is 93.5 Å². The highest BCUT2D eigenvalue weighted by Gasteiger charge is 2.28. The van der Waals surface area contributed by atoms with Crippen molar-refractivity contribution in [1.82, 2.24) is 10.6 Å². The molecular formula is C31H40Cl2N4O4S. The lowest BCUT2D eigenvalue weighted by Crippen LogP contribution is -2.49. The molecular weight excluding hydrogens is 595 g/mol. The molecule has 0 spiro atoms. The number of aliphatic hydroxyl groups excluding tert-OH is 1. The van der Waals surface area contributed by atoms with Crippen LogP contribution in [-0.2, 0) is 12.8 Å². The Balaban J connectivity index is 1.48. The monoisotopic (exact) mass is 634 g/mol. The van der Waals surface area contributed by atoms with Gasteiger partial charge >= 0.3 is 0 Å². The fourth-order valence-corrected chi connectivity index (χ4v) is 7.02. The van der Waals surface area contributed by atoms with E-state index in [1.807, 2.05) is 55.5 Å². The molecule has 0 saturated carbocycles. The number of benzene rings is 3. The van der Waals surface area contributed by atoms with Crippen LogP contribution >= 0.6 is 34.0 Å². The first kappa shape index (κ1) is 32.4. The van der Waals surface area contributed by atoms with Gasteiger partial charge in [0.25, 0.3) is 5.91 Å². The number of nitrogens with one attached hydrogen (secondary N) is 3. The average molecular weight is 636 g/mol. The maximum Gasteiger partial charge on any atom is 0.251 e. The lowest BCUT2D eigenvalue weighted by atomic mass is 10.00. The second-order valence-corrected chi connectivity index (χ2v) is 13.4. The molecule has 8 nitrogen and oxygen atoms in total. The molecule has 1 aliphatic heterocycles. The van der Waals surface area contributed by atoms with Crippen molar-refractivity contribution < 1.29 is 19.0 Å². The van der Waals surface area contributed by atoms with Gasteiger partial charge in [-0.3, -0.25) is 18.2 Å². The zero-order valence-electron chi connectivity index (χ0n) is 23.7. The molecule has 4 rings (SSSR count). The summed E-state index contributed by atoms with van der Waals surface area (Å²) in [6, 6.07) is 20.0. The van der Waals surface area contributed by atoms with Crippen LogP contribution in [0.2, 0.25) is 10.0 Å². The Kier molecular flexibility index (Phi) is 11.8. The molecule has 1 heterocycles. The highest BCUT2D eigenvalue weighted by atomic mass is 35.5. The van der Waals surface area contributed by atoms with Crippen LogP contribution in [-0.4, -0.2) is 64.2 Å². The second-order valence-electron chi connectivity index (χ2n) is 10.5. The number of hydrogen-bond donors (Lipinski definition) is 6. The number of hydrogen-bond acceptors (Lipinski definition) is 7. The second kappa shape index (κ2) is 15.3. The summed E-state index contributed by atoms with van der Waals surface area (Å²) >= 11 is 12.1. The minimum Gasteiger partial charge on any atom is -0.390 e. The number of rotatable bonds is 13. The smallest absolute Gasteiger partial charge is 0.251 e. The molecule has 1 amide bonds. The molecule has 228 valence electrons. The van der Waals surface area contributed by atoms with Gasteiger partial charge in [-0.2, -0.15) is 0 Å². The summed E-state index contributed by atoms with van der Waals surface area (Å²) < 4.78 is 23.0. The summed E-state index contributed by atoms with van der Waals surface area (Å²) in [5.41, 5.74) is 3.69. The summed E-state index contributed by atoms with van der Waals surface area (Å²) in [7, 11) is -2.95. The van der Waals surface area contributed by atoms with Gasteiger partial charge < -0.3 is 21.1 Å². The fourth-order valence-electron chi connectivity index (χ4n) is 5.02. The summed E-state index contributed by atoms with van der Waals surface area (Å²) in [5, 5.41) is 21.8. The van der Waals surface area contributed by atoms with Gasteiger partial charge in [0, 0.05) is 30.9 Å². The highest BCUT2D eigenvalue weighted by molar-refractivity contribution is 8.25. The summed E-state index contributed by atoms with van der Waals surface area (Å²) in [5.74, 6) is -0.0381. The third-order valence-corrected chi connectivity index (χ3v) is 9.91. The number of carbonyl (C=O) groups is 1. The number of carbonyl (C=O) groups excluding carboxylic acids is 1. The van der Waals surface area contributed by atoms with E-state index in [4.69, 9.17) is 23.2 Å². The molecule has 0 unspecified atom stereocenters. The zero-order valence-corrected chi connectivity index (χ0v) is 26.1. The van der Waals surface area contributed by atoms with Gasteiger partial charge in [-0.1, -0.05) is 59.6 Å². The van der Waals surface area contributed by atoms with Gasteiger partial charge in [0.2, 0.25) is 0 Å². The maximum atomic E-state index is 13.6. The molecule has 0 aromatic heterocycles. The standard InChI is InChI=1S/C31H40Cl2N4O4S/c1-2-35-25-18-24(19-26(20-25)37-14-6-7-15-42(37,40)41)31(39)36-29(17-22-8-4-3-5-9-22)30(38)21-34-13-12-23-10-11-27(32)28(33)16-23/h3-5,8-11,16,18-20,29-30,34-35,38,40-41H,2,6-7,12-15,17,21H2,1H3,(H,36,39)/t29-,30+/m0/s1. The molecule has 11 heteroatoms. The van der Waals surface area contributed by atoms with Crippen LogP contribution in [0.3, 0.4) is 0 Å². The Bertz CT molecular complexity index is 1330. The van der Waals surface area contributed by atoms with E-state index in [0.29, 0.717) is 65.2 Å². The van der Waals surface area contributed by atoms with Crippen LogP contribution in [0.4, 0.5) is 11.4 Å². The summed E-state index contributed by atoms with van der Waals surface area (Å²) in [4.78, 5) is 13.6. The van der Waals surface area contributed by atoms with Crippen molar-refractivity contribution in [3.8, 4) is 0 Å². The third-order valence-electron chi connectivity index (χ3n) is 7.24. The van der Waals surface area contributed by atoms with E-state index >= 15 is 0 Å². The first-order valence-electron chi connectivity index (χ1n) is 14.3. The van der Waals surface area contributed by atoms with E-state index in [-0.39, 0.29) is 12.5 Å². The predicted molar refractivity (Wildman–Crippen MR) is 175 cm³/mol. The molecule has 0 bridgehead atoms. The van der Waals surface area contributed by atoms with Crippen LogP contribution in [0, 0.1) is 0 Å². The lowest BCUT2D eigenvalue weighted by molar-refractivity contribution is 0.0831. The fraction of sp³-hybridized carbons (Fsp3) is 0.387. The van der Waals surface area contributed by atoms with Crippen molar-refractivity contribution in [2.45, 2.75) is 44.8 Å². The van der Waals surface area contributed by atoms with Crippen molar-refractivity contribution in [2.24, 2.45) is 0 Å². The number of nitrogens with zero attached hydrogens (tertiary/aromatic N) is 1. The average Bonchev–Trinajstić information content (AvgIpc) is 2.97. The first-order chi connectivity index (χ1) is 20.2. The first-order valence-corrected chi connectivity index (χ1v) is 16.7. The van der Waals surface area contributed by atoms with Crippen molar-refractivity contribution in [3.63, 3.8) is 0 Å². The van der Waals surface area contributed by atoms with E-state index in [1.54, 1.807) is 22.5 Å². The normalized spacial score (nSPS) is 16.9. The molecule has 1 fully saturated rings. The Morgan fingerprint density at radius 2 is 1.79 bits per heavy atom. The van der Waals surface area contributed by atoms with Gasteiger partial charge in [-0.05, 0) is 80.6 Å². The quantitative estimate of drug-likeness (QED) is 0.124. The van der Waals surface area contributed by atoms with Crippen molar-refractivity contribution >= 4 is 51.3 Å². The molecule has 1 saturated heterocycles. The minimum atomic E-state index is -2.95. The topological polar surface area (TPSA) is 117 Å². The van der Waals surface area contributed by atoms with Gasteiger partial charge in [0.1, 0.15) is 0 Å². The summed E-state index contributed by atoms with van der Waals surface area (Å²) in [6.45, 7) is 3.99. The molecule has 0 radical (unpaired) electrons. The van der Waals surface area contributed by atoms with Crippen molar-refractivity contribution in [2.75, 3.05) is 41.6 Å². The highest BCUT2D eigenvalue weighted by Crippen LogP contribution is 2.50. The third kappa shape index (κ3) is 9.00. The molecule has 3 aromatic carbocycles. The maximum absolute atomic E-state index is 13.6. The Morgan fingerprint density at radius 1 is 1.00 bits per heavy atom. The van der Waals surface area contributed by atoms with Gasteiger partial charge in [-0.15, -0.1) is 10.8 Å². The van der Waals surface area contributed by atoms with Crippen LogP contribution in [0.1, 0.15) is 41.3 Å².